The lowest BCUT2D eigenvalue weighted by molar-refractivity contribution is 0.0655. The van der Waals surface area contributed by atoms with Gasteiger partial charge in [-0.1, -0.05) is 24.3 Å². The number of aryl methyl sites for hydroxylation is 1. The van der Waals surface area contributed by atoms with E-state index in [1.807, 2.05) is 43.0 Å². The molecule has 6 heteroatoms. The Morgan fingerprint density at radius 2 is 1.97 bits per heavy atom. The predicted molar refractivity (Wildman–Crippen MR) is 122 cm³/mol. The molecule has 32 heavy (non-hydrogen) atoms. The summed E-state index contributed by atoms with van der Waals surface area (Å²) in [7, 11) is 0. The van der Waals surface area contributed by atoms with Gasteiger partial charge in [0.25, 0.3) is 5.91 Å². The summed E-state index contributed by atoms with van der Waals surface area (Å²) < 4.78 is 5.91. The van der Waals surface area contributed by atoms with Crippen molar-refractivity contribution < 1.29 is 14.3 Å². The fourth-order valence-electron chi connectivity index (χ4n) is 4.29. The Morgan fingerprint density at radius 3 is 2.69 bits per heavy atom. The molecule has 1 aliphatic carbocycles. The summed E-state index contributed by atoms with van der Waals surface area (Å²) in [6.45, 7) is 4.25. The molecular formula is C26H27N3O3. The molecule has 3 aromatic rings. The van der Waals surface area contributed by atoms with Gasteiger partial charge in [-0.3, -0.25) is 14.6 Å². The Morgan fingerprint density at radius 1 is 1.16 bits per heavy atom. The van der Waals surface area contributed by atoms with Crippen LogP contribution in [0.15, 0.2) is 67.0 Å². The van der Waals surface area contributed by atoms with Crippen LogP contribution in [0.2, 0.25) is 0 Å². The van der Waals surface area contributed by atoms with E-state index in [1.165, 1.54) is 5.56 Å². The molecule has 4 rings (SSSR count). The van der Waals surface area contributed by atoms with Crippen molar-refractivity contribution in [1.82, 2.24) is 9.88 Å². The van der Waals surface area contributed by atoms with Gasteiger partial charge in [0.05, 0.1) is 17.7 Å². The zero-order valence-corrected chi connectivity index (χ0v) is 18.3. The number of aromatic nitrogens is 1. The summed E-state index contributed by atoms with van der Waals surface area (Å²) in [4.78, 5) is 31.6. The van der Waals surface area contributed by atoms with Gasteiger partial charge in [-0.05, 0) is 73.7 Å². The third kappa shape index (κ3) is 4.49. The molecular weight excluding hydrogens is 402 g/mol. The van der Waals surface area contributed by atoms with Gasteiger partial charge in [-0.2, -0.15) is 0 Å². The van der Waals surface area contributed by atoms with Crippen LogP contribution in [-0.2, 0) is 13.0 Å². The second-order valence-corrected chi connectivity index (χ2v) is 8.28. The lowest BCUT2D eigenvalue weighted by Gasteiger charge is -2.31. The third-order valence-corrected chi connectivity index (χ3v) is 5.70. The minimum absolute atomic E-state index is 0.0588. The first-order valence-electron chi connectivity index (χ1n) is 10.8. The van der Waals surface area contributed by atoms with Crippen molar-refractivity contribution in [3.8, 4) is 5.75 Å². The van der Waals surface area contributed by atoms with Crippen molar-refractivity contribution in [2.45, 2.75) is 45.4 Å². The van der Waals surface area contributed by atoms with Gasteiger partial charge >= 0.3 is 0 Å². The number of rotatable bonds is 7. The van der Waals surface area contributed by atoms with Crippen LogP contribution < -0.4 is 10.5 Å². The summed E-state index contributed by atoms with van der Waals surface area (Å²) in [5.74, 6) is 0.149. The monoisotopic (exact) mass is 429 g/mol. The Hall–Kier alpha value is -3.67. The highest BCUT2D eigenvalue weighted by Gasteiger charge is 2.33. The fraction of sp³-hybridized carbons (Fsp3) is 0.269. The number of primary amides is 1. The maximum Gasteiger partial charge on any atom is 0.256 e. The van der Waals surface area contributed by atoms with E-state index < -0.39 is 5.91 Å². The minimum atomic E-state index is -0.506. The lowest BCUT2D eigenvalue weighted by Crippen LogP contribution is -2.34. The molecule has 0 aliphatic heterocycles. The summed E-state index contributed by atoms with van der Waals surface area (Å²) >= 11 is 0. The summed E-state index contributed by atoms with van der Waals surface area (Å²) in [6, 6.07) is 16.6. The molecule has 0 bridgehead atoms. The van der Waals surface area contributed by atoms with E-state index >= 15 is 0 Å². The number of amides is 2. The van der Waals surface area contributed by atoms with E-state index in [-0.39, 0.29) is 24.6 Å². The summed E-state index contributed by atoms with van der Waals surface area (Å²) in [5, 5.41) is 0. The van der Waals surface area contributed by atoms with Crippen LogP contribution in [0, 0.1) is 0 Å². The van der Waals surface area contributed by atoms with E-state index in [4.69, 9.17) is 10.5 Å². The van der Waals surface area contributed by atoms with E-state index in [2.05, 4.69) is 11.1 Å². The van der Waals surface area contributed by atoms with Gasteiger partial charge in [-0.25, -0.2) is 0 Å². The Bertz CT molecular complexity index is 1130. The maximum absolute atomic E-state index is 13.6. The van der Waals surface area contributed by atoms with E-state index in [0.717, 1.165) is 29.7 Å². The van der Waals surface area contributed by atoms with Gasteiger partial charge in [0.2, 0.25) is 5.91 Å². The molecule has 2 amide bonds. The summed E-state index contributed by atoms with van der Waals surface area (Å²) in [6.07, 6.45) is 4.94. The van der Waals surface area contributed by atoms with Gasteiger partial charge in [0, 0.05) is 24.5 Å². The topological polar surface area (TPSA) is 85.5 Å². The molecule has 0 radical (unpaired) electrons. The zero-order valence-electron chi connectivity index (χ0n) is 18.3. The van der Waals surface area contributed by atoms with Crippen molar-refractivity contribution in [1.29, 1.82) is 0 Å². The van der Waals surface area contributed by atoms with Crippen LogP contribution in [0.4, 0.5) is 0 Å². The average Bonchev–Trinajstić information content (AvgIpc) is 3.20. The second kappa shape index (κ2) is 9.22. The van der Waals surface area contributed by atoms with Gasteiger partial charge in [0.15, 0.2) is 0 Å². The van der Waals surface area contributed by atoms with Crippen LogP contribution in [0.3, 0.4) is 0 Å². The van der Waals surface area contributed by atoms with E-state index in [0.29, 0.717) is 11.1 Å². The van der Waals surface area contributed by atoms with E-state index in [9.17, 15) is 9.59 Å². The van der Waals surface area contributed by atoms with Crippen molar-refractivity contribution in [2.24, 2.45) is 5.73 Å². The van der Waals surface area contributed by atoms with Gasteiger partial charge in [-0.15, -0.1) is 0 Å². The molecule has 0 saturated heterocycles. The molecule has 0 unspecified atom stereocenters. The first-order chi connectivity index (χ1) is 15.4. The highest BCUT2D eigenvalue weighted by atomic mass is 16.5. The van der Waals surface area contributed by atoms with Gasteiger partial charge in [0.1, 0.15) is 5.75 Å². The number of hydrogen-bond donors (Lipinski definition) is 1. The zero-order chi connectivity index (χ0) is 22.7. The molecule has 0 spiro atoms. The van der Waals surface area contributed by atoms with Crippen molar-refractivity contribution in [2.75, 3.05) is 0 Å². The van der Waals surface area contributed by atoms with Crippen molar-refractivity contribution in [3.63, 3.8) is 0 Å². The standard InChI is InChI=1S/C26H27N3O3/c1-17(2)32-21-11-9-18-10-12-24(23(18)14-21)29(26(31)19-7-5-13-28-15-19)16-20-6-3-4-8-22(20)25(27)30/h3-9,11,13-15,17,24H,10,12,16H2,1-2H3,(H2,27,30)/t24-/m1/s1. The molecule has 1 aromatic heterocycles. The average molecular weight is 430 g/mol. The predicted octanol–water partition coefficient (Wildman–Crippen LogP) is 4.30. The van der Waals surface area contributed by atoms with Crippen LogP contribution in [0.25, 0.3) is 0 Å². The van der Waals surface area contributed by atoms with Crippen LogP contribution in [0.1, 0.15) is 63.7 Å². The first kappa shape index (κ1) is 21.6. The molecule has 0 saturated carbocycles. The normalized spacial score (nSPS) is 14.8. The molecule has 1 heterocycles. The van der Waals surface area contributed by atoms with Gasteiger partial charge < -0.3 is 15.4 Å². The Kier molecular flexibility index (Phi) is 6.21. The number of carbonyl (C=O) groups is 2. The number of benzene rings is 2. The van der Waals surface area contributed by atoms with Crippen molar-refractivity contribution >= 4 is 11.8 Å². The molecule has 6 nitrogen and oxygen atoms in total. The number of carbonyl (C=O) groups excluding carboxylic acids is 2. The molecule has 164 valence electrons. The van der Waals surface area contributed by atoms with E-state index in [1.54, 1.807) is 36.7 Å². The number of nitrogens with two attached hydrogens (primary N) is 1. The first-order valence-corrected chi connectivity index (χ1v) is 10.8. The van der Waals surface area contributed by atoms with Crippen molar-refractivity contribution in [3.05, 3.63) is 94.8 Å². The smallest absolute Gasteiger partial charge is 0.256 e. The fourth-order valence-corrected chi connectivity index (χ4v) is 4.29. The number of nitrogens with zero attached hydrogens (tertiary/aromatic N) is 2. The van der Waals surface area contributed by atoms with Crippen LogP contribution in [0.5, 0.6) is 5.75 Å². The number of fused-ring (bicyclic) bond motifs is 1. The highest BCUT2D eigenvalue weighted by Crippen LogP contribution is 2.39. The molecule has 1 aliphatic rings. The molecule has 1 atom stereocenters. The van der Waals surface area contributed by atoms with Crippen LogP contribution in [-0.4, -0.2) is 27.8 Å². The molecule has 2 aromatic carbocycles. The quantitative estimate of drug-likeness (QED) is 0.607. The third-order valence-electron chi connectivity index (χ3n) is 5.70. The summed E-state index contributed by atoms with van der Waals surface area (Å²) in [5.41, 5.74) is 9.54. The SMILES string of the molecule is CC(C)Oc1ccc2c(c1)[C@H](N(Cc1ccccc1C(N)=O)C(=O)c1cccnc1)CC2. The second-order valence-electron chi connectivity index (χ2n) is 8.28. The highest BCUT2D eigenvalue weighted by molar-refractivity contribution is 5.96. The molecule has 0 fully saturated rings. The van der Waals surface area contributed by atoms with Crippen LogP contribution >= 0.6 is 0 Å². The minimum Gasteiger partial charge on any atom is -0.491 e. The number of hydrogen-bond acceptors (Lipinski definition) is 4. The Balaban J connectivity index is 1.75. The maximum atomic E-state index is 13.6. The molecule has 2 N–H and O–H groups in total. The Labute approximate surface area is 188 Å². The lowest BCUT2D eigenvalue weighted by atomic mass is 10.0. The largest absolute Gasteiger partial charge is 0.491 e. The number of pyridine rings is 1. The number of ether oxygens (including phenoxy) is 1.